The molecule has 3 N–H and O–H groups in total. The molecule has 98 valence electrons. The van der Waals surface area contributed by atoms with Crippen LogP contribution in [0.15, 0.2) is 18.2 Å². The topological polar surface area (TPSA) is 58.4 Å². The van der Waals surface area contributed by atoms with E-state index in [9.17, 15) is 9.18 Å². The van der Waals surface area contributed by atoms with E-state index in [-0.39, 0.29) is 11.7 Å². The van der Waals surface area contributed by atoms with Crippen LogP contribution in [0, 0.1) is 5.82 Å². The molecule has 4 nitrogen and oxygen atoms in total. The number of hydrogen-bond donors (Lipinski definition) is 2. The Morgan fingerprint density at radius 2 is 1.89 bits per heavy atom. The lowest BCUT2D eigenvalue weighted by molar-refractivity contribution is 0.214. The molecule has 0 atom stereocenters. The molecular formula is C13H18FN3O. The van der Waals surface area contributed by atoms with Crippen LogP contribution in [0.1, 0.15) is 25.7 Å². The normalized spacial score (nSPS) is 16.2. The van der Waals surface area contributed by atoms with Crippen molar-refractivity contribution in [3.05, 3.63) is 24.0 Å². The highest BCUT2D eigenvalue weighted by Gasteiger charge is 2.15. The van der Waals surface area contributed by atoms with Gasteiger partial charge in [0.15, 0.2) is 0 Å². The van der Waals surface area contributed by atoms with Crippen molar-refractivity contribution in [3.63, 3.8) is 0 Å². The van der Waals surface area contributed by atoms with E-state index < -0.39 is 5.82 Å². The zero-order valence-electron chi connectivity index (χ0n) is 10.3. The third-order valence-electron chi connectivity index (χ3n) is 3.14. The van der Waals surface area contributed by atoms with Gasteiger partial charge in [-0.25, -0.2) is 9.18 Å². The molecule has 0 aromatic heterocycles. The fourth-order valence-corrected chi connectivity index (χ4v) is 2.08. The molecule has 0 unspecified atom stereocenters. The summed E-state index contributed by atoms with van der Waals surface area (Å²) in [6, 6.07) is 4.13. The molecule has 1 aromatic rings. The van der Waals surface area contributed by atoms with Crippen molar-refractivity contribution < 1.29 is 9.18 Å². The highest BCUT2D eigenvalue weighted by molar-refractivity contribution is 5.89. The van der Waals surface area contributed by atoms with Gasteiger partial charge in [0.05, 0.1) is 5.69 Å². The molecule has 1 heterocycles. The lowest BCUT2D eigenvalue weighted by Gasteiger charge is -2.20. The number of nitrogen functional groups attached to an aromatic ring is 1. The SMILES string of the molecule is Nc1ccc(NC(=O)N2CCCCCC2)cc1F. The molecule has 1 aliphatic rings. The van der Waals surface area contributed by atoms with E-state index in [0.717, 1.165) is 25.9 Å². The van der Waals surface area contributed by atoms with Crippen molar-refractivity contribution in [2.75, 3.05) is 24.1 Å². The second-order valence-corrected chi connectivity index (χ2v) is 4.57. The van der Waals surface area contributed by atoms with E-state index in [0.29, 0.717) is 5.69 Å². The van der Waals surface area contributed by atoms with E-state index >= 15 is 0 Å². The van der Waals surface area contributed by atoms with Gasteiger partial charge in [-0.2, -0.15) is 0 Å². The van der Waals surface area contributed by atoms with Crippen LogP contribution in [0.4, 0.5) is 20.6 Å². The maximum absolute atomic E-state index is 13.2. The number of benzene rings is 1. The first-order valence-corrected chi connectivity index (χ1v) is 6.28. The fraction of sp³-hybridized carbons (Fsp3) is 0.462. The number of nitrogens with one attached hydrogen (secondary N) is 1. The number of carbonyl (C=O) groups excluding carboxylic acids is 1. The monoisotopic (exact) mass is 251 g/mol. The Morgan fingerprint density at radius 1 is 1.22 bits per heavy atom. The van der Waals surface area contributed by atoms with Gasteiger partial charge in [0.2, 0.25) is 0 Å². The van der Waals surface area contributed by atoms with Crippen LogP contribution in [0.5, 0.6) is 0 Å². The Morgan fingerprint density at radius 3 is 2.50 bits per heavy atom. The van der Waals surface area contributed by atoms with Crippen molar-refractivity contribution in [3.8, 4) is 0 Å². The van der Waals surface area contributed by atoms with Crippen LogP contribution in [0.3, 0.4) is 0 Å². The summed E-state index contributed by atoms with van der Waals surface area (Å²) in [6.45, 7) is 1.53. The van der Waals surface area contributed by atoms with Gasteiger partial charge in [-0.1, -0.05) is 12.8 Å². The molecule has 18 heavy (non-hydrogen) atoms. The average molecular weight is 251 g/mol. The summed E-state index contributed by atoms with van der Waals surface area (Å²) in [7, 11) is 0. The van der Waals surface area contributed by atoms with Crippen molar-refractivity contribution in [1.29, 1.82) is 0 Å². The van der Waals surface area contributed by atoms with Gasteiger partial charge < -0.3 is 16.0 Å². The van der Waals surface area contributed by atoms with Crippen LogP contribution in [0.25, 0.3) is 0 Å². The largest absolute Gasteiger partial charge is 0.396 e. The number of amides is 2. The van der Waals surface area contributed by atoms with Gasteiger partial charge in [0.1, 0.15) is 5.82 Å². The summed E-state index contributed by atoms with van der Waals surface area (Å²) in [4.78, 5) is 13.8. The van der Waals surface area contributed by atoms with E-state index in [2.05, 4.69) is 5.32 Å². The predicted octanol–water partition coefficient (Wildman–Crippen LogP) is 2.82. The van der Waals surface area contributed by atoms with Crippen LogP contribution < -0.4 is 11.1 Å². The summed E-state index contributed by atoms with van der Waals surface area (Å²) in [5, 5.41) is 2.70. The lowest BCUT2D eigenvalue weighted by atomic mass is 10.2. The molecule has 0 bridgehead atoms. The molecule has 0 aliphatic carbocycles. The summed E-state index contributed by atoms with van der Waals surface area (Å²) in [5.74, 6) is -0.510. The van der Waals surface area contributed by atoms with Crippen molar-refractivity contribution >= 4 is 17.4 Å². The molecule has 1 saturated heterocycles. The maximum atomic E-state index is 13.2. The van der Waals surface area contributed by atoms with Gasteiger partial charge in [-0.3, -0.25) is 0 Å². The molecule has 5 heteroatoms. The van der Waals surface area contributed by atoms with Crippen molar-refractivity contribution in [2.45, 2.75) is 25.7 Å². The Hall–Kier alpha value is -1.78. The Balaban J connectivity index is 1.99. The zero-order valence-corrected chi connectivity index (χ0v) is 10.3. The molecular weight excluding hydrogens is 233 g/mol. The third-order valence-corrected chi connectivity index (χ3v) is 3.14. The van der Waals surface area contributed by atoms with Gasteiger partial charge in [0.25, 0.3) is 0 Å². The number of anilines is 2. The standard InChI is InChI=1S/C13H18FN3O/c14-11-9-10(5-6-12(11)15)16-13(18)17-7-3-1-2-4-8-17/h5-6,9H,1-4,7-8,15H2,(H,16,18). The molecule has 0 radical (unpaired) electrons. The molecule has 1 aliphatic heterocycles. The average Bonchev–Trinajstić information content (AvgIpc) is 2.62. The Kier molecular flexibility index (Phi) is 4.02. The number of hydrogen-bond acceptors (Lipinski definition) is 2. The maximum Gasteiger partial charge on any atom is 0.321 e. The van der Waals surface area contributed by atoms with Gasteiger partial charge in [-0.05, 0) is 31.0 Å². The number of carbonyl (C=O) groups is 1. The second-order valence-electron chi connectivity index (χ2n) is 4.57. The molecule has 1 aromatic carbocycles. The lowest BCUT2D eigenvalue weighted by Crippen LogP contribution is -2.35. The van der Waals surface area contributed by atoms with Gasteiger partial charge in [0, 0.05) is 18.8 Å². The second kappa shape index (κ2) is 5.71. The highest BCUT2D eigenvalue weighted by Crippen LogP contribution is 2.17. The highest BCUT2D eigenvalue weighted by atomic mass is 19.1. The van der Waals surface area contributed by atoms with Gasteiger partial charge >= 0.3 is 6.03 Å². The quantitative estimate of drug-likeness (QED) is 0.754. The number of rotatable bonds is 1. The Labute approximate surface area is 106 Å². The summed E-state index contributed by atoms with van der Waals surface area (Å²) < 4.78 is 13.2. The molecule has 0 spiro atoms. The fourth-order valence-electron chi connectivity index (χ4n) is 2.08. The summed E-state index contributed by atoms with van der Waals surface area (Å²) in [6.07, 6.45) is 4.40. The van der Waals surface area contributed by atoms with Crippen LogP contribution >= 0.6 is 0 Å². The molecule has 2 rings (SSSR count). The number of likely N-dealkylation sites (tertiary alicyclic amines) is 1. The molecule has 0 saturated carbocycles. The minimum absolute atomic E-state index is 0.0859. The van der Waals surface area contributed by atoms with E-state index in [1.165, 1.54) is 25.0 Å². The number of urea groups is 1. The van der Waals surface area contributed by atoms with Crippen LogP contribution in [-0.2, 0) is 0 Å². The number of halogens is 1. The predicted molar refractivity (Wildman–Crippen MR) is 69.9 cm³/mol. The van der Waals surface area contributed by atoms with E-state index in [4.69, 9.17) is 5.73 Å². The number of nitrogens with two attached hydrogens (primary N) is 1. The first-order valence-electron chi connectivity index (χ1n) is 6.28. The minimum Gasteiger partial charge on any atom is -0.396 e. The first-order chi connectivity index (χ1) is 8.66. The van der Waals surface area contributed by atoms with Crippen molar-refractivity contribution in [2.24, 2.45) is 0 Å². The number of nitrogens with zero attached hydrogens (tertiary/aromatic N) is 1. The third kappa shape index (κ3) is 3.12. The summed E-state index contributed by atoms with van der Waals surface area (Å²) >= 11 is 0. The van der Waals surface area contributed by atoms with Crippen molar-refractivity contribution in [1.82, 2.24) is 4.90 Å². The first kappa shape index (κ1) is 12.7. The smallest absolute Gasteiger partial charge is 0.321 e. The Bertz CT molecular complexity index is 428. The summed E-state index contributed by atoms with van der Waals surface area (Å²) in [5.41, 5.74) is 5.91. The van der Waals surface area contributed by atoms with Crippen LogP contribution in [0.2, 0.25) is 0 Å². The zero-order chi connectivity index (χ0) is 13.0. The van der Waals surface area contributed by atoms with E-state index in [1.54, 1.807) is 11.0 Å². The van der Waals surface area contributed by atoms with E-state index in [1.807, 2.05) is 0 Å². The van der Waals surface area contributed by atoms with Gasteiger partial charge in [-0.15, -0.1) is 0 Å². The minimum atomic E-state index is -0.510. The molecule has 1 fully saturated rings. The molecule has 2 amide bonds. The van der Waals surface area contributed by atoms with Crippen LogP contribution in [-0.4, -0.2) is 24.0 Å².